The summed E-state index contributed by atoms with van der Waals surface area (Å²) in [5.74, 6) is -0.0568. The van der Waals surface area contributed by atoms with Crippen LogP contribution in [0.4, 0.5) is 4.79 Å². The summed E-state index contributed by atoms with van der Waals surface area (Å²) in [5, 5.41) is 2.60. The number of hydrogen-bond acceptors (Lipinski definition) is 3. The summed E-state index contributed by atoms with van der Waals surface area (Å²) in [6, 6.07) is 9.42. The number of alkyl carbamates (subject to hydrolysis) is 1. The molecule has 0 aliphatic carbocycles. The Hall–Kier alpha value is -2.04. The molecule has 20 heavy (non-hydrogen) atoms. The van der Waals surface area contributed by atoms with Crippen LogP contribution in [-0.4, -0.2) is 36.1 Å². The molecule has 0 radical (unpaired) electrons. The number of β-lactam (4-membered cyclic amide) rings is 1. The summed E-state index contributed by atoms with van der Waals surface area (Å²) in [5.41, 5.74) is 1.09. The van der Waals surface area contributed by atoms with Gasteiger partial charge in [-0.05, 0) is 18.9 Å². The van der Waals surface area contributed by atoms with Gasteiger partial charge in [-0.2, -0.15) is 0 Å². The van der Waals surface area contributed by atoms with E-state index in [1.54, 1.807) is 0 Å². The zero-order chi connectivity index (χ0) is 14.7. The molecular weight excluding hydrogens is 256 g/mol. The van der Waals surface area contributed by atoms with Crippen molar-refractivity contribution in [3.8, 4) is 0 Å². The first-order valence-electron chi connectivity index (χ1n) is 6.81. The van der Waals surface area contributed by atoms with Gasteiger partial charge in [-0.1, -0.05) is 37.3 Å². The quantitative estimate of drug-likeness (QED) is 0.857. The summed E-state index contributed by atoms with van der Waals surface area (Å²) in [6.07, 6.45) is 0.228. The molecule has 1 N–H and O–H groups in total. The maximum Gasteiger partial charge on any atom is 0.407 e. The number of methoxy groups -OCH3 is 1. The number of likely N-dealkylation sites (tertiary alicyclic amines) is 1. The number of carbonyl (C=O) groups is 2. The molecule has 2 amide bonds. The number of ether oxygens (including phenoxy) is 1. The third kappa shape index (κ3) is 2.48. The van der Waals surface area contributed by atoms with Gasteiger partial charge in [-0.15, -0.1) is 0 Å². The lowest BCUT2D eigenvalue weighted by molar-refractivity contribution is -0.155. The molecule has 0 aromatic heterocycles. The SMILES string of the molecule is CC[C@@H]1[C@H](NC(=O)OC)C(=O)N1[C@@H](C)c1ccccc1. The third-order valence-corrected chi connectivity index (χ3v) is 3.84. The second-order valence-electron chi connectivity index (χ2n) is 4.92. The average molecular weight is 276 g/mol. The van der Waals surface area contributed by atoms with Gasteiger partial charge >= 0.3 is 6.09 Å². The number of amides is 2. The molecule has 2 rings (SSSR count). The fourth-order valence-corrected chi connectivity index (χ4v) is 2.71. The van der Waals surface area contributed by atoms with Crippen LogP contribution in [0.5, 0.6) is 0 Å². The number of rotatable bonds is 4. The van der Waals surface area contributed by atoms with Gasteiger partial charge in [0, 0.05) is 0 Å². The highest BCUT2D eigenvalue weighted by Crippen LogP contribution is 2.33. The highest BCUT2D eigenvalue weighted by molar-refractivity contribution is 5.92. The van der Waals surface area contributed by atoms with Crippen LogP contribution in [0.1, 0.15) is 31.9 Å². The molecule has 0 unspecified atom stereocenters. The Morgan fingerprint density at radius 2 is 2.05 bits per heavy atom. The van der Waals surface area contributed by atoms with Gasteiger partial charge in [-0.25, -0.2) is 4.79 Å². The molecule has 108 valence electrons. The Balaban J connectivity index is 2.10. The normalized spacial score (nSPS) is 22.9. The van der Waals surface area contributed by atoms with Crippen molar-refractivity contribution in [2.45, 2.75) is 38.4 Å². The van der Waals surface area contributed by atoms with Gasteiger partial charge < -0.3 is 15.0 Å². The van der Waals surface area contributed by atoms with Gasteiger partial charge in [-0.3, -0.25) is 4.79 Å². The van der Waals surface area contributed by atoms with Gasteiger partial charge in [0.2, 0.25) is 5.91 Å². The molecule has 5 nitrogen and oxygen atoms in total. The molecule has 0 bridgehead atoms. The maximum absolute atomic E-state index is 12.3. The molecule has 1 saturated heterocycles. The second kappa shape index (κ2) is 5.94. The lowest BCUT2D eigenvalue weighted by atomic mass is 9.89. The summed E-state index contributed by atoms with van der Waals surface area (Å²) >= 11 is 0. The van der Waals surface area contributed by atoms with Crippen molar-refractivity contribution in [3.63, 3.8) is 0 Å². The van der Waals surface area contributed by atoms with Crippen molar-refractivity contribution < 1.29 is 14.3 Å². The molecule has 1 aliphatic heterocycles. The molecule has 1 heterocycles. The second-order valence-corrected chi connectivity index (χ2v) is 4.92. The van der Waals surface area contributed by atoms with Crippen LogP contribution < -0.4 is 5.32 Å². The van der Waals surface area contributed by atoms with E-state index in [0.717, 1.165) is 12.0 Å². The summed E-state index contributed by atoms with van der Waals surface area (Å²) in [4.78, 5) is 25.3. The molecule has 1 aromatic carbocycles. The van der Waals surface area contributed by atoms with E-state index in [0.29, 0.717) is 0 Å². The minimum Gasteiger partial charge on any atom is -0.453 e. The predicted octanol–water partition coefficient (Wildman–Crippen LogP) is 2.09. The Kier molecular flexibility index (Phi) is 4.27. The topological polar surface area (TPSA) is 58.6 Å². The lowest BCUT2D eigenvalue weighted by Gasteiger charge is -2.50. The average Bonchev–Trinajstić information content (AvgIpc) is 2.49. The van der Waals surface area contributed by atoms with Crippen molar-refractivity contribution in [2.24, 2.45) is 0 Å². The van der Waals surface area contributed by atoms with Gasteiger partial charge in [0.25, 0.3) is 0 Å². The minimum absolute atomic E-state index is 0.00402. The van der Waals surface area contributed by atoms with Crippen LogP contribution in [0.2, 0.25) is 0 Å². The first-order chi connectivity index (χ1) is 9.60. The number of carbonyl (C=O) groups excluding carboxylic acids is 2. The van der Waals surface area contributed by atoms with Crippen LogP contribution in [0.3, 0.4) is 0 Å². The molecular formula is C15H20N2O3. The van der Waals surface area contributed by atoms with Crippen molar-refractivity contribution >= 4 is 12.0 Å². The summed E-state index contributed by atoms with van der Waals surface area (Å²) < 4.78 is 4.56. The largest absolute Gasteiger partial charge is 0.453 e. The summed E-state index contributed by atoms with van der Waals surface area (Å²) in [7, 11) is 1.30. The highest BCUT2D eigenvalue weighted by atomic mass is 16.5. The van der Waals surface area contributed by atoms with E-state index >= 15 is 0 Å². The first kappa shape index (κ1) is 14.4. The molecule has 1 fully saturated rings. The minimum atomic E-state index is -0.561. The van der Waals surface area contributed by atoms with Gasteiger partial charge in [0.1, 0.15) is 6.04 Å². The van der Waals surface area contributed by atoms with E-state index in [2.05, 4.69) is 10.1 Å². The monoisotopic (exact) mass is 276 g/mol. The molecule has 0 saturated carbocycles. The molecule has 1 aromatic rings. The fraction of sp³-hybridized carbons (Fsp3) is 0.467. The Labute approximate surface area is 118 Å². The molecule has 0 spiro atoms. The van der Waals surface area contributed by atoms with Crippen LogP contribution >= 0.6 is 0 Å². The molecule has 5 heteroatoms. The van der Waals surface area contributed by atoms with E-state index in [9.17, 15) is 9.59 Å². The standard InChI is InChI=1S/C15H20N2O3/c1-4-12-13(16-15(19)20-3)14(18)17(12)10(2)11-8-6-5-7-9-11/h5-10,12-13H,4H2,1-3H3,(H,16,19)/t10-,12+,13-/m0/s1. The Morgan fingerprint density at radius 1 is 1.40 bits per heavy atom. The predicted molar refractivity (Wildman–Crippen MR) is 75.1 cm³/mol. The van der Waals surface area contributed by atoms with Gasteiger partial charge in [0.05, 0.1) is 19.2 Å². The van der Waals surface area contributed by atoms with Crippen molar-refractivity contribution in [2.75, 3.05) is 7.11 Å². The summed E-state index contributed by atoms with van der Waals surface area (Å²) in [6.45, 7) is 4.01. The first-order valence-corrected chi connectivity index (χ1v) is 6.81. The Bertz CT molecular complexity index is 489. The van der Waals surface area contributed by atoms with E-state index in [1.165, 1.54) is 7.11 Å². The lowest BCUT2D eigenvalue weighted by Crippen LogP contribution is -2.70. The van der Waals surface area contributed by atoms with Crippen LogP contribution in [-0.2, 0) is 9.53 Å². The van der Waals surface area contributed by atoms with Crippen molar-refractivity contribution in [1.82, 2.24) is 10.2 Å². The number of benzene rings is 1. The van der Waals surface area contributed by atoms with E-state index in [1.807, 2.05) is 49.1 Å². The molecule has 1 aliphatic rings. The number of nitrogens with zero attached hydrogens (tertiary/aromatic N) is 1. The zero-order valence-corrected chi connectivity index (χ0v) is 12.0. The van der Waals surface area contributed by atoms with Crippen molar-refractivity contribution in [3.05, 3.63) is 35.9 Å². The van der Waals surface area contributed by atoms with E-state index < -0.39 is 12.1 Å². The Morgan fingerprint density at radius 3 is 2.60 bits per heavy atom. The maximum atomic E-state index is 12.3. The van der Waals surface area contributed by atoms with Gasteiger partial charge in [0.15, 0.2) is 0 Å². The fourth-order valence-electron chi connectivity index (χ4n) is 2.71. The highest BCUT2D eigenvalue weighted by Gasteiger charge is 2.49. The number of hydrogen-bond donors (Lipinski definition) is 1. The van der Waals surface area contributed by atoms with E-state index in [-0.39, 0.29) is 18.0 Å². The van der Waals surface area contributed by atoms with Crippen molar-refractivity contribution in [1.29, 1.82) is 0 Å². The van der Waals surface area contributed by atoms with Crippen LogP contribution in [0.25, 0.3) is 0 Å². The third-order valence-electron chi connectivity index (χ3n) is 3.84. The molecule has 3 atom stereocenters. The van der Waals surface area contributed by atoms with E-state index in [4.69, 9.17) is 0 Å². The number of nitrogens with one attached hydrogen (secondary N) is 1. The van der Waals surface area contributed by atoms with Crippen LogP contribution in [0, 0.1) is 0 Å². The zero-order valence-electron chi connectivity index (χ0n) is 12.0. The smallest absolute Gasteiger partial charge is 0.407 e. The van der Waals surface area contributed by atoms with Crippen LogP contribution in [0.15, 0.2) is 30.3 Å².